The van der Waals surface area contributed by atoms with Crippen LogP contribution < -0.4 is 5.32 Å². The van der Waals surface area contributed by atoms with E-state index in [4.69, 9.17) is 0 Å². The maximum absolute atomic E-state index is 12.7. The molecule has 5 heteroatoms. The number of rotatable bonds is 7. The fraction of sp³-hybridized carbons (Fsp3) is 0.300. The number of nitrogens with one attached hydrogen (secondary N) is 1. The monoisotopic (exact) mass is 353 g/mol. The van der Waals surface area contributed by atoms with Crippen molar-refractivity contribution < 1.29 is 4.79 Å². The summed E-state index contributed by atoms with van der Waals surface area (Å²) in [5.74, 6) is 0.0417. The lowest BCUT2D eigenvalue weighted by Crippen LogP contribution is -2.34. The fourth-order valence-electron chi connectivity index (χ4n) is 2.80. The van der Waals surface area contributed by atoms with E-state index >= 15 is 0 Å². The molecule has 1 N–H and O–H groups in total. The summed E-state index contributed by atoms with van der Waals surface area (Å²) in [7, 11) is 0. The van der Waals surface area contributed by atoms with Crippen LogP contribution in [0.3, 0.4) is 0 Å². The quantitative estimate of drug-likeness (QED) is 0.637. The van der Waals surface area contributed by atoms with Crippen LogP contribution in [-0.4, -0.2) is 20.5 Å². The number of pyridine rings is 1. The first-order chi connectivity index (χ1) is 12.2. The van der Waals surface area contributed by atoms with Crippen molar-refractivity contribution in [3.63, 3.8) is 0 Å². The highest BCUT2D eigenvalue weighted by Crippen LogP contribution is 2.25. The first-order valence-corrected chi connectivity index (χ1v) is 9.51. The van der Waals surface area contributed by atoms with Gasteiger partial charge in [-0.05, 0) is 31.0 Å². The molecule has 0 saturated carbocycles. The summed E-state index contributed by atoms with van der Waals surface area (Å²) < 4.78 is 2.01. The van der Waals surface area contributed by atoms with Crippen LogP contribution in [0.2, 0.25) is 0 Å². The van der Waals surface area contributed by atoms with Gasteiger partial charge in [-0.15, -0.1) is 0 Å². The summed E-state index contributed by atoms with van der Waals surface area (Å²) in [5, 5.41) is 3.82. The Morgan fingerprint density at radius 1 is 1.20 bits per heavy atom. The van der Waals surface area contributed by atoms with Crippen molar-refractivity contribution in [2.75, 3.05) is 0 Å². The minimum atomic E-state index is -0.214. The van der Waals surface area contributed by atoms with E-state index in [1.807, 2.05) is 60.1 Å². The third-order valence-electron chi connectivity index (χ3n) is 4.15. The van der Waals surface area contributed by atoms with E-state index in [0.717, 1.165) is 29.1 Å². The summed E-state index contributed by atoms with van der Waals surface area (Å²) in [6, 6.07) is 16.2. The summed E-state index contributed by atoms with van der Waals surface area (Å²) in [4.78, 5) is 17.1. The Morgan fingerprint density at radius 2 is 1.96 bits per heavy atom. The molecule has 25 heavy (non-hydrogen) atoms. The van der Waals surface area contributed by atoms with Crippen LogP contribution in [0.4, 0.5) is 0 Å². The molecule has 0 fully saturated rings. The Labute approximate surface area is 152 Å². The van der Waals surface area contributed by atoms with Gasteiger partial charge in [-0.3, -0.25) is 9.20 Å². The molecule has 4 nitrogen and oxygen atoms in total. The third-order valence-corrected chi connectivity index (χ3v) is 5.23. The fourth-order valence-corrected chi connectivity index (χ4v) is 3.69. The molecule has 0 aliphatic carbocycles. The highest BCUT2D eigenvalue weighted by Gasteiger charge is 2.21. The number of nitrogens with zero attached hydrogens (tertiary/aromatic N) is 2. The predicted molar refractivity (Wildman–Crippen MR) is 103 cm³/mol. The molecule has 0 aliphatic rings. The summed E-state index contributed by atoms with van der Waals surface area (Å²) in [5.41, 5.74) is 2.19. The van der Waals surface area contributed by atoms with Crippen LogP contribution in [0, 0.1) is 0 Å². The van der Waals surface area contributed by atoms with Crippen LogP contribution in [-0.2, 0) is 4.79 Å². The van der Waals surface area contributed by atoms with E-state index in [9.17, 15) is 4.79 Å². The van der Waals surface area contributed by atoms with Crippen LogP contribution in [0.25, 0.3) is 5.52 Å². The average Bonchev–Trinajstić information content (AvgIpc) is 3.05. The molecule has 0 saturated heterocycles. The standard InChI is InChI=1S/C20H23N3OS/c1-3-9-18(16-10-5-4-6-11-16)22-19(24)15(2)25-20-21-14-17-12-7-8-13-23(17)20/h4-8,10-15,18H,3,9H2,1-2H3,(H,22,24). The number of aromatic nitrogens is 2. The highest BCUT2D eigenvalue weighted by atomic mass is 32.2. The van der Waals surface area contributed by atoms with Gasteiger partial charge in [0.2, 0.25) is 5.91 Å². The summed E-state index contributed by atoms with van der Waals surface area (Å²) >= 11 is 1.48. The van der Waals surface area contributed by atoms with Gasteiger partial charge < -0.3 is 5.32 Å². The van der Waals surface area contributed by atoms with Gasteiger partial charge in [-0.2, -0.15) is 0 Å². The zero-order valence-electron chi connectivity index (χ0n) is 14.6. The van der Waals surface area contributed by atoms with E-state index < -0.39 is 0 Å². The Morgan fingerprint density at radius 3 is 2.72 bits per heavy atom. The van der Waals surface area contributed by atoms with E-state index in [0.29, 0.717) is 0 Å². The van der Waals surface area contributed by atoms with Gasteiger partial charge in [-0.1, -0.05) is 61.5 Å². The number of benzene rings is 1. The molecule has 2 heterocycles. The second-order valence-corrected chi connectivity index (χ2v) is 7.36. The lowest BCUT2D eigenvalue weighted by Gasteiger charge is -2.20. The largest absolute Gasteiger partial charge is 0.348 e. The van der Waals surface area contributed by atoms with Gasteiger partial charge in [0.05, 0.1) is 23.0 Å². The average molecular weight is 353 g/mol. The predicted octanol–water partition coefficient (Wildman–Crippen LogP) is 4.47. The number of hydrogen-bond acceptors (Lipinski definition) is 3. The Kier molecular flexibility index (Phi) is 5.76. The molecule has 130 valence electrons. The molecular formula is C20H23N3OS. The molecule has 1 amide bonds. The molecule has 2 unspecified atom stereocenters. The first-order valence-electron chi connectivity index (χ1n) is 8.63. The number of thioether (sulfide) groups is 1. The zero-order valence-corrected chi connectivity index (χ0v) is 15.4. The van der Waals surface area contributed by atoms with Crippen molar-refractivity contribution in [3.05, 3.63) is 66.5 Å². The summed E-state index contributed by atoms with van der Waals surface area (Å²) in [6.07, 6.45) is 5.75. The van der Waals surface area contributed by atoms with Gasteiger partial charge in [0.15, 0.2) is 5.16 Å². The van der Waals surface area contributed by atoms with E-state index in [-0.39, 0.29) is 17.2 Å². The molecule has 2 aromatic heterocycles. The molecule has 3 rings (SSSR count). The van der Waals surface area contributed by atoms with Crippen molar-refractivity contribution in [1.82, 2.24) is 14.7 Å². The SMILES string of the molecule is CCCC(NC(=O)C(C)Sc1ncc2ccccn12)c1ccccc1. The Balaban J connectivity index is 1.69. The number of hydrogen-bond donors (Lipinski definition) is 1. The van der Waals surface area contributed by atoms with Crippen molar-refractivity contribution in [2.24, 2.45) is 0 Å². The molecule has 2 atom stereocenters. The molecule has 1 aromatic carbocycles. The lowest BCUT2D eigenvalue weighted by molar-refractivity contribution is -0.121. The molecule has 0 spiro atoms. The van der Waals surface area contributed by atoms with E-state index in [1.54, 1.807) is 0 Å². The molecule has 0 bridgehead atoms. The Bertz CT molecular complexity index is 831. The van der Waals surface area contributed by atoms with Crippen molar-refractivity contribution in [3.8, 4) is 0 Å². The van der Waals surface area contributed by atoms with E-state index in [1.165, 1.54) is 11.8 Å². The van der Waals surface area contributed by atoms with Crippen LogP contribution in [0.1, 0.15) is 38.3 Å². The molecule has 3 aromatic rings. The van der Waals surface area contributed by atoms with Crippen molar-refractivity contribution >= 4 is 23.2 Å². The lowest BCUT2D eigenvalue weighted by atomic mass is 10.0. The number of carbonyl (C=O) groups excluding carboxylic acids is 1. The molecular weight excluding hydrogens is 330 g/mol. The smallest absolute Gasteiger partial charge is 0.233 e. The van der Waals surface area contributed by atoms with Gasteiger partial charge in [0, 0.05) is 6.20 Å². The summed E-state index contributed by atoms with van der Waals surface area (Å²) in [6.45, 7) is 4.06. The third kappa shape index (κ3) is 4.23. The zero-order chi connectivity index (χ0) is 17.6. The minimum absolute atomic E-state index is 0.0417. The van der Waals surface area contributed by atoms with Crippen LogP contribution in [0.15, 0.2) is 66.1 Å². The normalized spacial score (nSPS) is 13.5. The van der Waals surface area contributed by atoms with Gasteiger partial charge >= 0.3 is 0 Å². The second kappa shape index (κ2) is 8.21. The van der Waals surface area contributed by atoms with Crippen molar-refractivity contribution in [2.45, 2.75) is 43.1 Å². The number of amides is 1. The second-order valence-electron chi connectivity index (χ2n) is 6.06. The van der Waals surface area contributed by atoms with Gasteiger partial charge in [0.25, 0.3) is 0 Å². The van der Waals surface area contributed by atoms with Gasteiger partial charge in [-0.25, -0.2) is 4.98 Å². The first kappa shape index (κ1) is 17.5. The molecule has 0 radical (unpaired) electrons. The number of imidazole rings is 1. The van der Waals surface area contributed by atoms with Crippen LogP contribution in [0.5, 0.6) is 0 Å². The maximum atomic E-state index is 12.7. The topological polar surface area (TPSA) is 46.4 Å². The van der Waals surface area contributed by atoms with E-state index in [2.05, 4.69) is 29.4 Å². The minimum Gasteiger partial charge on any atom is -0.348 e. The van der Waals surface area contributed by atoms with Gasteiger partial charge in [0.1, 0.15) is 0 Å². The van der Waals surface area contributed by atoms with Crippen molar-refractivity contribution in [1.29, 1.82) is 0 Å². The highest BCUT2D eigenvalue weighted by molar-refractivity contribution is 8.00. The maximum Gasteiger partial charge on any atom is 0.233 e. The number of fused-ring (bicyclic) bond motifs is 1. The molecule has 0 aliphatic heterocycles. The van der Waals surface area contributed by atoms with Crippen LogP contribution >= 0.6 is 11.8 Å². The number of carbonyl (C=O) groups is 1. The Hall–Kier alpha value is -2.27.